The fourth-order valence-electron chi connectivity index (χ4n) is 2.05. The van der Waals surface area contributed by atoms with Gasteiger partial charge in [0, 0.05) is 24.1 Å². The lowest BCUT2D eigenvalue weighted by Gasteiger charge is -2.07. The molecule has 5 heteroatoms. The summed E-state index contributed by atoms with van der Waals surface area (Å²) in [6.45, 7) is 1.90. The van der Waals surface area contributed by atoms with Crippen LogP contribution in [0, 0.1) is 6.92 Å². The molecule has 1 N–H and O–H groups in total. The normalized spacial score (nSPS) is 12.2. The standard InChI is InChI=1S/C12H15NO3S/c1-9-3-4-12-10(7-9)8-11(5-6-14)13(12)17(2,15)16/h3-4,7-8,14H,5-6H2,1-2H3. The molecule has 0 aliphatic rings. The lowest BCUT2D eigenvalue weighted by atomic mass is 10.2. The van der Waals surface area contributed by atoms with Gasteiger partial charge in [0.2, 0.25) is 10.0 Å². The van der Waals surface area contributed by atoms with Crippen LogP contribution in [0.25, 0.3) is 10.9 Å². The second kappa shape index (κ2) is 4.16. The van der Waals surface area contributed by atoms with Gasteiger partial charge in [-0.05, 0) is 25.1 Å². The monoisotopic (exact) mass is 253 g/mol. The second-order valence-corrected chi connectivity index (χ2v) is 6.03. The molecule has 0 fully saturated rings. The van der Waals surface area contributed by atoms with Gasteiger partial charge in [0.15, 0.2) is 0 Å². The van der Waals surface area contributed by atoms with Gasteiger partial charge in [-0.15, -0.1) is 0 Å². The van der Waals surface area contributed by atoms with E-state index in [2.05, 4.69) is 0 Å². The molecule has 1 aromatic heterocycles. The topological polar surface area (TPSA) is 59.3 Å². The van der Waals surface area contributed by atoms with Gasteiger partial charge < -0.3 is 5.11 Å². The van der Waals surface area contributed by atoms with E-state index in [0.717, 1.165) is 10.9 Å². The molecular formula is C12H15NO3S. The van der Waals surface area contributed by atoms with E-state index in [1.165, 1.54) is 10.2 Å². The molecular weight excluding hydrogens is 238 g/mol. The highest BCUT2D eigenvalue weighted by Crippen LogP contribution is 2.23. The Morgan fingerprint density at radius 3 is 2.59 bits per heavy atom. The number of aromatic nitrogens is 1. The fraction of sp³-hybridized carbons (Fsp3) is 0.333. The van der Waals surface area contributed by atoms with Crippen LogP contribution in [0.3, 0.4) is 0 Å². The third kappa shape index (κ3) is 2.21. The average molecular weight is 253 g/mol. The smallest absolute Gasteiger partial charge is 0.236 e. The Bertz CT molecular complexity index is 656. The van der Waals surface area contributed by atoms with Crippen molar-refractivity contribution in [1.82, 2.24) is 3.97 Å². The number of hydrogen-bond acceptors (Lipinski definition) is 3. The minimum atomic E-state index is -3.35. The summed E-state index contributed by atoms with van der Waals surface area (Å²) in [7, 11) is -3.35. The van der Waals surface area contributed by atoms with Crippen molar-refractivity contribution in [3.05, 3.63) is 35.5 Å². The van der Waals surface area contributed by atoms with Crippen molar-refractivity contribution in [2.24, 2.45) is 0 Å². The van der Waals surface area contributed by atoms with E-state index in [1.54, 1.807) is 6.07 Å². The van der Waals surface area contributed by atoms with Crippen LogP contribution >= 0.6 is 0 Å². The number of benzene rings is 1. The zero-order valence-electron chi connectivity index (χ0n) is 9.84. The molecule has 0 amide bonds. The summed E-state index contributed by atoms with van der Waals surface area (Å²) in [5.74, 6) is 0. The molecule has 0 spiro atoms. The van der Waals surface area contributed by atoms with Gasteiger partial charge in [-0.2, -0.15) is 0 Å². The van der Waals surface area contributed by atoms with Gasteiger partial charge >= 0.3 is 0 Å². The zero-order valence-corrected chi connectivity index (χ0v) is 10.7. The van der Waals surface area contributed by atoms with E-state index >= 15 is 0 Å². The Hall–Kier alpha value is -1.33. The second-order valence-electron chi connectivity index (χ2n) is 4.20. The molecule has 0 radical (unpaired) electrons. The van der Waals surface area contributed by atoms with Crippen molar-refractivity contribution in [2.75, 3.05) is 12.9 Å². The van der Waals surface area contributed by atoms with Crippen molar-refractivity contribution in [3.63, 3.8) is 0 Å². The van der Waals surface area contributed by atoms with Gasteiger partial charge in [0.05, 0.1) is 11.8 Å². The molecule has 2 aromatic rings. The molecule has 1 aromatic carbocycles. The maximum atomic E-state index is 11.8. The fourth-order valence-corrected chi connectivity index (χ4v) is 3.14. The van der Waals surface area contributed by atoms with E-state index in [1.807, 2.05) is 25.1 Å². The van der Waals surface area contributed by atoms with Gasteiger partial charge in [-0.25, -0.2) is 12.4 Å². The highest BCUT2D eigenvalue weighted by molar-refractivity contribution is 7.89. The Morgan fingerprint density at radius 1 is 1.29 bits per heavy atom. The average Bonchev–Trinajstić information content (AvgIpc) is 2.54. The van der Waals surface area contributed by atoms with Crippen molar-refractivity contribution in [2.45, 2.75) is 13.3 Å². The lowest BCUT2D eigenvalue weighted by molar-refractivity contribution is 0.298. The van der Waals surface area contributed by atoms with E-state index < -0.39 is 10.0 Å². The highest BCUT2D eigenvalue weighted by atomic mass is 32.2. The predicted molar refractivity (Wildman–Crippen MR) is 67.7 cm³/mol. The van der Waals surface area contributed by atoms with Gasteiger partial charge in [0.1, 0.15) is 0 Å². The van der Waals surface area contributed by atoms with Crippen LogP contribution in [0.2, 0.25) is 0 Å². The Balaban J connectivity index is 2.81. The van der Waals surface area contributed by atoms with Crippen molar-refractivity contribution < 1.29 is 13.5 Å². The number of nitrogens with zero attached hydrogens (tertiary/aromatic N) is 1. The molecule has 0 aliphatic carbocycles. The first kappa shape index (κ1) is 12.1. The molecule has 1 heterocycles. The summed E-state index contributed by atoms with van der Waals surface area (Å²) in [4.78, 5) is 0. The minimum Gasteiger partial charge on any atom is -0.396 e. The SMILES string of the molecule is Cc1ccc2c(c1)cc(CCO)n2S(C)(=O)=O. The molecule has 0 saturated carbocycles. The van der Waals surface area contributed by atoms with E-state index in [4.69, 9.17) is 5.11 Å². The van der Waals surface area contributed by atoms with Crippen molar-refractivity contribution >= 4 is 20.9 Å². The van der Waals surface area contributed by atoms with Gasteiger partial charge in [0.25, 0.3) is 0 Å². The maximum absolute atomic E-state index is 11.8. The lowest BCUT2D eigenvalue weighted by Crippen LogP contribution is -2.13. The number of aliphatic hydroxyl groups excluding tert-OH is 1. The predicted octanol–water partition coefficient (Wildman–Crippen LogP) is 1.29. The molecule has 0 aliphatic heterocycles. The largest absolute Gasteiger partial charge is 0.396 e. The summed E-state index contributed by atoms with van der Waals surface area (Å²) >= 11 is 0. The van der Waals surface area contributed by atoms with Crippen LogP contribution in [0.4, 0.5) is 0 Å². The van der Waals surface area contributed by atoms with E-state index in [-0.39, 0.29) is 6.61 Å². The number of aliphatic hydroxyl groups is 1. The third-order valence-electron chi connectivity index (χ3n) is 2.68. The highest BCUT2D eigenvalue weighted by Gasteiger charge is 2.15. The number of aryl methyl sites for hydroxylation is 1. The zero-order chi connectivity index (χ0) is 12.6. The van der Waals surface area contributed by atoms with E-state index in [9.17, 15) is 8.42 Å². The Labute approximate surface area is 101 Å². The van der Waals surface area contributed by atoms with Crippen molar-refractivity contribution in [1.29, 1.82) is 0 Å². The first-order chi connectivity index (χ1) is 7.93. The Morgan fingerprint density at radius 2 is 2.00 bits per heavy atom. The van der Waals surface area contributed by atoms with E-state index in [0.29, 0.717) is 17.6 Å². The first-order valence-corrected chi connectivity index (χ1v) is 7.20. The Kier molecular flexibility index (Phi) is 2.97. The summed E-state index contributed by atoms with van der Waals surface area (Å²) in [6, 6.07) is 7.44. The van der Waals surface area contributed by atoms with Crippen LogP contribution < -0.4 is 0 Å². The van der Waals surface area contributed by atoms with Gasteiger partial charge in [-0.3, -0.25) is 0 Å². The molecule has 17 heavy (non-hydrogen) atoms. The van der Waals surface area contributed by atoms with Crippen LogP contribution in [0.1, 0.15) is 11.3 Å². The number of rotatable bonds is 3. The summed E-state index contributed by atoms with van der Waals surface area (Å²) < 4.78 is 24.8. The van der Waals surface area contributed by atoms with Crippen LogP contribution in [-0.4, -0.2) is 30.4 Å². The molecule has 0 saturated heterocycles. The molecule has 0 unspecified atom stereocenters. The first-order valence-electron chi connectivity index (χ1n) is 5.36. The van der Waals surface area contributed by atoms with Crippen LogP contribution in [0.15, 0.2) is 24.3 Å². The molecule has 2 rings (SSSR count). The third-order valence-corrected chi connectivity index (χ3v) is 3.78. The molecule has 0 bridgehead atoms. The molecule has 92 valence electrons. The molecule has 4 nitrogen and oxygen atoms in total. The summed E-state index contributed by atoms with van der Waals surface area (Å²) in [5.41, 5.74) is 2.37. The van der Waals surface area contributed by atoms with Gasteiger partial charge in [-0.1, -0.05) is 11.6 Å². The summed E-state index contributed by atoms with van der Waals surface area (Å²) in [5, 5.41) is 9.87. The quantitative estimate of drug-likeness (QED) is 0.896. The number of hydrogen-bond donors (Lipinski definition) is 1. The van der Waals surface area contributed by atoms with Crippen LogP contribution in [0.5, 0.6) is 0 Å². The summed E-state index contributed by atoms with van der Waals surface area (Å²) in [6.07, 6.45) is 1.51. The minimum absolute atomic E-state index is 0.0647. The molecule has 0 atom stereocenters. The van der Waals surface area contributed by atoms with Crippen molar-refractivity contribution in [3.8, 4) is 0 Å². The van der Waals surface area contributed by atoms with Crippen LogP contribution in [-0.2, 0) is 16.4 Å². The maximum Gasteiger partial charge on any atom is 0.236 e. The number of fused-ring (bicyclic) bond motifs is 1.